The summed E-state index contributed by atoms with van der Waals surface area (Å²) in [6, 6.07) is 19.9. The number of hydrogen-bond donors (Lipinski definition) is 2. The van der Waals surface area contributed by atoms with Gasteiger partial charge in [0.15, 0.2) is 0 Å². The van der Waals surface area contributed by atoms with Crippen LogP contribution < -0.4 is 4.74 Å². The van der Waals surface area contributed by atoms with Crippen molar-refractivity contribution in [1.82, 2.24) is 9.97 Å². The maximum atomic E-state index is 10.2. The number of pyridine rings is 1. The Hall–Kier alpha value is -3.66. The molecule has 0 aliphatic carbocycles. The molecule has 0 bridgehead atoms. The molecule has 0 spiro atoms. The Bertz CT molecular complexity index is 1350. The highest BCUT2D eigenvalue weighted by atomic mass is 16.5. The Morgan fingerprint density at radius 2 is 1.79 bits per heavy atom. The second kappa shape index (κ2) is 8.94. The van der Waals surface area contributed by atoms with Gasteiger partial charge in [-0.3, -0.25) is 4.98 Å². The SMILES string of the molecule is CC(C)(O)c1ccc(-c2cc3c(-c4ccc(OC5CCOCC5)c(C#N)c4)nccc3[nH]2)cc1. The van der Waals surface area contributed by atoms with Gasteiger partial charge in [0.2, 0.25) is 0 Å². The topological polar surface area (TPSA) is 91.2 Å². The Balaban J connectivity index is 1.48. The summed E-state index contributed by atoms with van der Waals surface area (Å²) in [4.78, 5) is 8.10. The molecule has 6 nitrogen and oxygen atoms in total. The lowest BCUT2D eigenvalue weighted by Gasteiger charge is -2.23. The van der Waals surface area contributed by atoms with E-state index in [1.54, 1.807) is 20.0 Å². The molecular formula is C28H27N3O3. The Labute approximate surface area is 198 Å². The van der Waals surface area contributed by atoms with Crippen LogP contribution in [0.3, 0.4) is 0 Å². The molecule has 1 fully saturated rings. The second-order valence-electron chi connectivity index (χ2n) is 9.19. The smallest absolute Gasteiger partial charge is 0.137 e. The summed E-state index contributed by atoms with van der Waals surface area (Å²) in [5.41, 5.74) is 5.11. The van der Waals surface area contributed by atoms with Gasteiger partial charge in [0.1, 0.15) is 17.9 Å². The Kier molecular flexibility index (Phi) is 5.82. The van der Waals surface area contributed by atoms with E-state index in [1.165, 1.54) is 0 Å². The van der Waals surface area contributed by atoms with Gasteiger partial charge in [0.25, 0.3) is 0 Å². The summed E-state index contributed by atoms with van der Waals surface area (Å²) >= 11 is 0. The van der Waals surface area contributed by atoms with Crippen LogP contribution in [-0.2, 0) is 10.3 Å². The first kappa shape index (κ1) is 22.1. The van der Waals surface area contributed by atoms with E-state index >= 15 is 0 Å². The van der Waals surface area contributed by atoms with Crippen molar-refractivity contribution >= 4 is 10.9 Å². The average Bonchev–Trinajstić information content (AvgIpc) is 3.29. The highest BCUT2D eigenvalue weighted by molar-refractivity contribution is 5.96. The number of nitrogens with zero attached hydrogens (tertiary/aromatic N) is 2. The van der Waals surface area contributed by atoms with Crippen LogP contribution in [0.4, 0.5) is 0 Å². The molecule has 1 saturated heterocycles. The molecule has 2 aromatic carbocycles. The van der Waals surface area contributed by atoms with Crippen molar-refractivity contribution in [2.75, 3.05) is 13.2 Å². The van der Waals surface area contributed by atoms with Crippen LogP contribution in [0.15, 0.2) is 60.8 Å². The average molecular weight is 454 g/mol. The highest BCUT2D eigenvalue weighted by Crippen LogP contribution is 2.34. The third-order valence-corrected chi connectivity index (χ3v) is 6.29. The first-order valence-corrected chi connectivity index (χ1v) is 11.5. The fraction of sp³-hybridized carbons (Fsp3) is 0.286. The van der Waals surface area contributed by atoms with E-state index in [2.05, 4.69) is 22.1 Å². The summed E-state index contributed by atoms with van der Waals surface area (Å²) < 4.78 is 11.5. The van der Waals surface area contributed by atoms with Gasteiger partial charge in [-0.25, -0.2) is 0 Å². The van der Waals surface area contributed by atoms with Crippen molar-refractivity contribution in [2.24, 2.45) is 0 Å². The summed E-state index contributed by atoms with van der Waals surface area (Å²) in [7, 11) is 0. The molecule has 2 aromatic heterocycles. The minimum Gasteiger partial charge on any atom is -0.489 e. The number of hydrogen-bond acceptors (Lipinski definition) is 5. The molecule has 34 heavy (non-hydrogen) atoms. The fourth-order valence-electron chi connectivity index (χ4n) is 4.34. The molecule has 0 amide bonds. The van der Waals surface area contributed by atoms with Crippen LogP contribution in [0, 0.1) is 11.3 Å². The summed E-state index contributed by atoms with van der Waals surface area (Å²) in [6.45, 7) is 4.93. The van der Waals surface area contributed by atoms with Crippen LogP contribution in [0.5, 0.6) is 5.75 Å². The normalized spacial score (nSPS) is 14.8. The van der Waals surface area contributed by atoms with Gasteiger partial charge in [-0.15, -0.1) is 0 Å². The number of nitriles is 1. The molecule has 0 atom stereocenters. The number of fused-ring (bicyclic) bond motifs is 1. The first-order chi connectivity index (χ1) is 16.4. The van der Waals surface area contributed by atoms with Crippen molar-refractivity contribution in [3.8, 4) is 34.3 Å². The zero-order valence-corrected chi connectivity index (χ0v) is 19.3. The van der Waals surface area contributed by atoms with Gasteiger partial charge in [-0.1, -0.05) is 24.3 Å². The van der Waals surface area contributed by atoms with Gasteiger partial charge >= 0.3 is 0 Å². The van der Waals surface area contributed by atoms with Crippen LogP contribution in [0.2, 0.25) is 0 Å². The van der Waals surface area contributed by atoms with Gasteiger partial charge in [0.05, 0.1) is 30.1 Å². The highest BCUT2D eigenvalue weighted by Gasteiger charge is 2.19. The number of H-pyrrole nitrogens is 1. The third kappa shape index (κ3) is 4.41. The maximum absolute atomic E-state index is 10.2. The van der Waals surface area contributed by atoms with Gasteiger partial charge in [-0.2, -0.15) is 5.26 Å². The lowest BCUT2D eigenvalue weighted by Crippen LogP contribution is -2.26. The van der Waals surface area contributed by atoms with Crippen molar-refractivity contribution in [3.05, 3.63) is 71.9 Å². The van der Waals surface area contributed by atoms with Crippen LogP contribution in [0.1, 0.15) is 37.8 Å². The number of benzene rings is 2. The monoisotopic (exact) mass is 453 g/mol. The molecule has 0 saturated carbocycles. The number of rotatable bonds is 5. The minimum atomic E-state index is -0.880. The standard InChI is InChI=1S/C28H27N3O3/c1-28(2,32)21-6-3-18(4-7-21)25-16-23-24(31-25)9-12-30-27(23)19-5-8-26(20(15-19)17-29)34-22-10-13-33-14-11-22/h3-9,12,15-16,22,31-32H,10-11,13-14H2,1-2H3. The predicted octanol–water partition coefficient (Wildman–Crippen LogP) is 5.55. The quantitative estimate of drug-likeness (QED) is 0.413. The van der Waals surface area contributed by atoms with E-state index in [-0.39, 0.29) is 6.10 Å². The summed E-state index contributed by atoms with van der Waals surface area (Å²) in [5, 5.41) is 21.0. The zero-order valence-electron chi connectivity index (χ0n) is 19.3. The largest absolute Gasteiger partial charge is 0.489 e. The fourth-order valence-corrected chi connectivity index (χ4v) is 4.34. The molecule has 6 heteroatoms. The molecule has 1 aliphatic rings. The number of ether oxygens (including phenoxy) is 2. The van der Waals surface area contributed by atoms with Crippen LogP contribution in [-0.4, -0.2) is 34.4 Å². The number of aromatic nitrogens is 2. The maximum Gasteiger partial charge on any atom is 0.137 e. The van der Waals surface area contributed by atoms with Gasteiger partial charge in [-0.05, 0) is 55.3 Å². The minimum absolute atomic E-state index is 0.0725. The molecule has 0 radical (unpaired) electrons. The van der Waals surface area contributed by atoms with Crippen LogP contribution >= 0.6 is 0 Å². The first-order valence-electron chi connectivity index (χ1n) is 11.5. The van der Waals surface area contributed by atoms with E-state index in [0.717, 1.165) is 51.8 Å². The number of aromatic amines is 1. The van der Waals surface area contributed by atoms with Crippen molar-refractivity contribution in [3.63, 3.8) is 0 Å². The number of aliphatic hydroxyl groups is 1. The predicted molar refractivity (Wildman–Crippen MR) is 131 cm³/mol. The molecule has 4 aromatic rings. The van der Waals surface area contributed by atoms with Crippen molar-refractivity contribution < 1.29 is 14.6 Å². The van der Waals surface area contributed by atoms with Gasteiger partial charge in [0, 0.05) is 41.2 Å². The van der Waals surface area contributed by atoms with E-state index in [0.29, 0.717) is 24.5 Å². The molecule has 1 aliphatic heterocycles. The van der Waals surface area contributed by atoms with Crippen molar-refractivity contribution in [1.29, 1.82) is 5.26 Å². The molecular weight excluding hydrogens is 426 g/mol. The molecule has 2 N–H and O–H groups in total. The number of nitrogens with one attached hydrogen (secondary N) is 1. The molecule has 0 unspecified atom stereocenters. The van der Waals surface area contributed by atoms with Crippen molar-refractivity contribution in [2.45, 2.75) is 38.4 Å². The molecule has 172 valence electrons. The third-order valence-electron chi connectivity index (χ3n) is 6.29. The van der Waals surface area contributed by atoms with E-state index in [1.807, 2.05) is 48.5 Å². The van der Waals surface area contributed by atoms with Gasteiger partial charge < -0.3 is 19.6 Å². The second-order valence-corrected chi connectivity index (χ2v) is 9.19. The molecule has 5 rings (SSSR count). The lowest BCUT2D eigenvalue weighted by atomic mass is 9.97. The molecule has 3 heterocycles. The Morgan fingerprint density at radius 1 is 1.06 bits per heavy atom. The zero-order chi connectivity index (χ0) is 23.7. The van der Waals surface area contributed by atoms with E-state index < -0.39 is 5.60 Å². The van der Waals surface area contributed by atoms with Crippen LogP contribution in [0.25, 0.3) is 33.4 Å². The lowest BCUT2D eigenvalue weighted by molar-refractivity contribution is 0.0254. The van der Waals surface area contributed by atoms with E-state index in [4.69, 9.17) is 9.47 Å². The van der Waals surface area contributed by atoms with E-state index in [9.17, 15) is 10.4 Å². The summed E-state index contributed by atoms with van der Waals surface area (Å²) in [6.07, 6.45) is 3.50. The Morgan fingerprint density at radius 3 is 2.50 bits per heavy atom. The summed E-state index contributed by atoms with van der Waals surface area (Å²) in [5.74, 6) is 0.604.